The number of nitrogens with zero attached hydrogens (tertiary/aromatic N) is 1. The summed E-state index contributed by atoms with van der Waals surface area (Å²) in [5, 5.41) is -0.816. The first-order valence-electron chi connectivity index (χ1n) is 10.2. The first-order valence-corrected chi connectivity index (χ1v) is 11.7. The van der Waals surface area contributed by atoms with Crippen LogP contribution in [0.2, 0.25) is 20.1 Å². The maximum atomic E-state index is 13.2. The predicted molar refractivity (Wildman–Crippen MR) is 129 cm³/mol. The van der Waals surface area contributed by atoms with Crippen LogP contribution in [0.5, 0.6) is 5.75 Å². The number of ketones is 1. The third-order valence-corrected chi connectivity index (χ3v) is 7.09. The minimum absolute atomic E-state index is 0.116. The number of halogens is 4. The molecule has 180 valence electrons. The molecule has 2 amide bonds. The molecule has 34 heavy (non-hydrogen) atoms. The maximum absolute atomic E-state index is 13.2. The van der Waals surface area contributed by atoms with Crippen LogP contribution < -0.4 is 4.74 Å². The number of hydrogen-bond acceptors (Lipinski definition) is 6. The Labute approximate surface area is 215 Å². The molecule has 0 N–H and O–H groups in total. The van der Waals surface area contributed by atoms with Crippen LogP contribution in [-0.4, -0.2) is 48.2 Å². The average molecular weight is 547 g/mol. The Morgan fingerprint density at radius 2 is 1.56 bits per heavy atom. The van der Waals surface area contributed by atoms with Gasteiger partial charge in [-0.05, 0) is 18.6 Å². The summed E-state index contributed by atoms with van der Waals surface area (Å²) >= 11 is 24.5. The number of carbonyl (C=O) groups excluding carboxylic acids is 4. The minimum Gasteiger partial charge on any atom is -0.497 e. The van der Waals surface area contributed by atoms with Crippen molar-refractivity contribution in [2.24, 2.45) is 0 Å². The Morgan fingerprint density at radius 1 is 0.971 bits per heavy atom. The minimum atomic E-state index is -1.30. The second-order valence-electron chi connectivity index (χ2n) is 7.41. The fourth-order valence-corrected chi connectivity index (χ4v) is 4.53. The number of fused-ring (bicyclic) bond motifs is 1. The molecule has 1 atom stereocenters. The van der Waals surface area contributed by atoms with E-state index < -0.39 is 36.2 Å². The highest BCUT2D eigenvalue weighted by atomic mass is 35.5. The SMILES string of the molecule is CCCC[C@H](C(=O)OCC(=O)c1cccc(OC)c1)N1C(=O)c2c(Cl)c(Cl)c(Cl)c(Cl)c2C1=O. The van der Waals surface area contributed by atoms with Crippen molar-refractivity contribution in [2.75, 3.05) is 13.7 Å². The molecule has 0 radical (unpaired) electrons. The van der Waals surface area contributed by atoms with Gasteiger partial charge >= 0.3 is 5.97 Å². The Morgan fingerprint density at radius 3 is 2.09 bits per heavy atom. The Bertz CT molecular complexity index is 1140. The number of benzene rings is 2. The third-order valence-electron chi connectivity index (χ3n) is 5.28. The molecular weight excluding hydrogens is 528 g/mol. The molecule has 1 heterocycles. The summed E-state index contributed by atoms with van der Waals surface area (Å²) in [6.07, 6.45) is 1.29. The van der Waals surface area contributed by atoms with Crippen LogP contribution in [0, 0.1) is 0 Å². The van der Waals surface area contributed by atoms with Crippen molar-refractivity contribution in [1.82, 2.24) is 4.90 Å². The van der Waals surface area contributed by atoms with Gasteiger partial charge in [-0.15, -0.1) is 0 Å². The highest BCUT2D eigenvalue weighted by Gasteiger charge is 2.47. The Kier molecular flexibility index (Phi) is 8.47. The molecular formula is C23H19Cl4NO6. The number of ether oxygens (including phenoxy) is 2. The van der Waals surface area contributed by atoms with Gasteiger partial charge in [0.25, 0.3) is 11.8 Å². The number of unbranched alkanes of at least 4 members (excludes halogenated alkanes) is 1. The number of hydrogen-bond donors (Lipinski definition) is 0. The largest absolute Gasteiger partial charge is 0.497 e. The number of amides is 2. The van der Waals surface area contributed by atoms with Crippen molar-refractivity contribution >= 4 is 70.0 Å². The molecule has 0 spiro atoms. The zero-order chi connectivity index (χ0) is 25.2. The number of Topliss-reactive ketones (excluding diaryl/α,β-unsaturated/α-hetero) is 1. The standard InChI is InChI=1S/C23H19Cl4NO6/c1-3-4-8-13(23(32)34-10-14(29)11-6-5-7-12(9-11)33-2)28-21(30)15-16(22(28)31)18(25)20(27)19(26)17(15)24/h5-7,9,13H,3-4,8,10H2,1-2H3/t13-/m1/s1. The number of imide groups is 1. The lowest BCUT2D eigenvalue weighted by Gasteiger charge is -2.24. The van der Waals surface area contributed by atoms with Crippen molar-refractivity contribution in [3.05, 3.63) is 61.0 Å². The van der Waals surface area contributed by atoms with Crippen molar-refractivity contribution in [1.29, 1.82) is 0 Å². The van der Waals surface area contributed by atoms with Gasteiger partial charge in [0.2, 0.25) is 0 Å². The summed E-state index contributed by atoms with van der Waals surface area (Å²) in [7, 11) is 1.46. The summed E-state index contributed by atoms with van der Waals surface area (Å²) in [4.78, 5) is 52.5. The average Bonchev–Trinajstić information content (AvgIpc) is 3.10. The molecule has 1 aliphatic heterocycles. The summed E-state index contributed by atoms with van der Waals surface area (Å²) in [6.45, 7) is 1.29. The Hall–Kier alpha value is -2.32. The predicted octanol–water partition coefficient (Wildman–Crippen LogP) is 5.89. The van der Waals surface area contributed by atoms with Gasteiger partial charge in [-0.2, -0.15) is 0 Å². The van der Waals surface area contributed by atoms with E-state index in [1.165, 1.54) is 13.2 Å². The molecule has 3 rings (SSSR count). The normalized spacial score (nSPS) is 13.6. The van der Waals surface area contributed by atoms with Gasteiger partial charge in [-0.25, -0.2) is 4.79 Å². The number of methoxy groups -OCH3 is 1. The van der Waals surface area contributed by atoms with Crippen LogP contribution in [0.4, 0.5) is 0 Å². The number of rotatable bonds is 9. The van der Waals surface area contributed by atoms with E-state index in [4.69, 9.17) is 55.9 Å². The van der Waals surface area contributed by atoms with Gasteiger partial charge in [-0.1, -0.05) is 78.3 Å². The molecule has 2 aromatic rings. The number of carbonyl (C=O) groups is 4. The zero-order valence-corrected chi connectivity index (χ0v) is 21.1. The molecule has 0 fully saturated rings. The topological polar surface area (TPSA) is 90.0 Å². The van der Waals surface area contributed by atoms with E-state index in [1.807, 2.05) is 6.92 Å². The van der Waals surface area contributed by atoms with Gasteiger partial charge in [0.15, 0.2) is 12.4 Å². The van der Waals surface area contributed by atoms with Gasteiger partial charge in [0.1, 0.15) is 11.8 Å². The van der Waals surface area contributed by atoms with Crippen molar-refractivity contribution in [3.63, 3.8) is 0 Å². The quantitative estimate of drug-likeness (QED) is 0.128. The van der Waals surface area contributed by atoms with Crippen LogP contribution >= 0.6 is 46.4 Å². The van der Waals surface area contributed by atoms with Gasteiger partial charge in [-0.3, -0.25) is 19.3 Å². The fraction of sp³-hybridized carbons (Fsp3) is 0.304. The zero-order valence-electron chi connectivity index (χ0n) is 18.1. The van der Waals surface area contributed by atoms with E-state index in [0.717, 1.165) is 4.90 Å². The highest BCUT2D eigenvalue weighted by molar-refractivity contribution is 6.55. The summed E-state index contributed by atoms with van der Waals surface area (Å²) in [5.74, 6) is -2.61. The third kappa shape index (κ3) is 4.89. The van der Waals surface area contributed by atoms with E-state index in [1.54, 1.807) is 18.2 Å². The van der Waals surface area contributed by atoms with E-state index in [-0.39, 0.29) is 43.2 Å². The van der Waals surface area contributed by atoms with Crippen LogP contribution in [-0.2, 0) is 9.53 Å². The molecule has 0 saturated heterocycles. The van der Waals surface area contributed by atoms with E-state index in [9.17, 15) is 19.2 Å². The molecule has 2 aromatic carbocycles. The first-order chi connectivity index (χ1) is 16.1. The smallest absolute Gasteiger partial charge is 0.329 e. The van der Waals surface area contributed by atoms with Crippen molar-refractivity contribution in [3.8, 4) is 5.75 Å². The second kappa shape index (κ2) is 11.0. The summed E-state index contributed by atoms with van der Waals surface area (Å²) < 4.78 is 10.3. The number of esters is 1. The maximum Gasteiger partial charge on any atom is 0.329 e. The lowest BCUT2D eigenvalue weighted by Crippen LogP contribution is -2.46. The summed E-state index contributed by atoms with van der Waals surface area (Å²) in [5.41, 5.74) is -0.179. The van der Waals surface area contributed by atoms with Crippen molar-refractivity contribution in [2.45, 2.75) is 32.2 Å². The molecule has 7 nitrogen and oxygen atoms in total. The van der Waals surface area contributed by atoms with E-state index >= 15 is 0 Å². The van der Waals surface area contributed by atoms with Crippen LogP contribution in [0.1, 0.15) is 57.3 Å². The van der Waals surface area contributed by atoms with Gasteiger partial charge in [0, 0.05) is 5.56 Å². The molecule has 0 unspecified atom stereocenters. The van der Waals surface area contributed by atoms with Gasteiger partial charge < -0.3 is 9.47 Å². The molecule has 0 saturated carbocycles. The van der Waals surface area contributed by atoms with E-state index in [0.29, 0.717) is 18.6 Å². The molecule has 0 aromatic heterocycles. The first kappa shape index (κ1) is 26.3. The van der Waals surface area contributed by atoms with Crippen LogP contribution in [0.3, 0.4) is 0 Å². The lowest BCUT2D eigenvalue weighted by molar-refractivity contribution is -0.147. The summed E-state index contributed by atoms with van der Waals surface area (Å²) in [6, 6.07) is 5.05. The van der Waals surface area contributed by atoms with Crippen LogP contribution in [0.25, 0.3) is 0 Å². The molecule has 0 aliphatic carbocycles. The van der Waals surface area contributed by atoms with Crippen LogP contribution in [0.15, 0.2) is 24.3 Å². The fourth-order valence-electron chi connectivity index (χ4n) is 3.51. The molecule has 0 bridgehead atoms. The molecule has 11 heteroatoms. The van der Waals surface area contributed by atoms with Crippen molar-refractivity contribution < 1.29 is 28.7 Å². The van der Waals surface area contributed by atoms with E-state index in [2.05, 4.69) is 0 Å². The monoisotopic (exact) mass is 545 g/mol. The van der Waals surface area contributed by atoms with Gasteiger partial charge in [0.05, 0.1) is 38.3 Å². The molecule has 1 aliphatic rings. The second-order valence-corrected chi connectivity index (χ2v) is 8.92. The highest BCUT2D eigenvalue weighted by Crippen LogP contribution is 2.45. The lowest BCUT2D eigenvalue weighted by atomic mass is 10.1. The Balaban J connectivity index is 1.86.